The van der Waals surface area contributed by atoms with Gasteiger partial charge in [0.25, 0.3) is 0 Å². The third-order valence-corrected chi connectivity index (χ3v) is 11.3. The van der Waals surface area contributed by atoms with Crippen molar-refractivity contribution >= 4 is 14.4 Å². The summed E-state index contributed by atoms with van der Waals surface area (Å²) >= 11 is 1.69. The van der Waals surface area contributed by atoms with Crippen molar-refractivity contribution in [3.05, 3.63) is 93.6 Å². The topological polar surface area (TPSA) is 0 Å². The van der Waals surface area contributed by atoms with Gasteiger partial charge in [-0.25, -0.2) is 11.6 Å². The summed E-state index contributed by atoms with van der Waals surface area (Å²) in [4.78, 5) is 0. The molecular formula is C42H52Cl2Zr-2. The van der Waals surface area contributed by atoms with Crippen molar-refractivity contribution in [1.29, 1.82) is 0 Å². The predicted molar refractivity (Wildman–Crippen MR) is 184 cm³/mol. The van der Waals surface area contributed by atoms with Gasteiger partial charge in [-0.15, -0.1) is 11.6 Å². The van der Waals surface area contributed by atoms with Crippen LogP contribution in [0.5, 0.6) is 0 Å². The number of rotatable bonds is 1. The van der Waals surface area contributed by atoms with E-state index in [0.717, 1.165) is 6.42 Å². The van der Waals surface area contributed by atoms with E-state index < -0.39 is 0 Å². The maximum atomic E-state index is 3.65. The van der Waals surface area contributed by atoms with E-state index in [4.69, 9.17) is 0 Å². The molecule has 5 aliphatic rings. The third-order valence-electron chi connectivity index (χ3n) is 10.0. The van der Waals surface area contributed by atoms with E-state index in [-0.39, 0.29) is 35.6 Å². The summed E-state index contributed by atoms with van der Waals surface area (Å²) in [6, 6.07) is 9.81. The van der Waals surface area contributed by atoms with Gasteiger partial charge >= 0.3 is 59.5 Å². The normalized spacial score (nSPS) is 20.8. The van der Waals surface area contributed by atoms with Crippen LogP contribution in [0.2, 0.25) is 0 Å². The van der Waals surface area contributed by atoms with Crippen LogP contribution in [0.3, 0.4) is 0 Å². The molecule has 1 unspecified atom stereocenters. The molecule has 0 aliphatic heterocycles. The maximum absolute atomic E-state index is 3.65. The first-order chi connectivity index (χ1) is 20.1. The van der Waals surface area contributed by atoms with E-state index in [2.05, 4.69) is 124 Å². The van der Waals surface area contributed by atoms with Gasteiger partial charge in [-0.3, -0.25) is 12.2 Å². The van der Waals surface area contributed by atoms with Gasteiger partial charge in [0, 0.05) is 5.41 Å². The van der Waals surface area contributed by atoms with Gasteiger partial charge in [0.1, 0.15) is 0 Å². The molecule has 0 saturated heterocycles. The molecule has 0 heterocycles. The van der Waals surface area contributed by atoms with Gasteiger partial charge < -0.3 is 24.8 Å². The first-order valence-electron chi connectivity index (χ1n) is 16.7. The summed E-state index contributed by atoms with van der Waals surface area (Å²) < 4.78 is 1.80. The molecule has 1 saturated carbocycles. The Labute approximate surface area is 302 Å². The molecule has 7 rings (SSSR count). The second-order valence-corrected chi connectivity index (χ2v) is 17.3. The minimum atomic E-state index is 0. The molecule has 45 heavy (non-hydrogen) atoms. The number of benzene rings is 2. The zero-order valence-corrected chi connectivity index (χ0v) is 33.3. The van der Waals surface area contributed by atoms with Crippen molar-refractivity contribution in [1.82, 2.24) is 0 Å². The standard InChI is InChI=1S/C25H25.C11H17.C6H10.2ClH.Zr/c1-14-12-24(3,4)22-8-16-7-17-9-23-19(15(2)13-25(23,5)6)11-21(17)20(16)10-18(14)22;1-5-9-6-7-10(8-9)11(2,3)4;1-2-4-6-5-3-1;;;/h8-12H,7H2,1-6H3;7-9H,5H2,1-4H3;1-5H2;2*1H;/q2*-1;;;;+2/p-2. The summed E-state index contributed by atoms with van der Waals surface area (Å²) in [6.45, 7) is 22.6. The zero-order valence-electron chi connectivity index (χ0n) is 29.3. The second-order valence-electron chi connectivity index (χ2n) is 15.6. The van der Waals surface area contributed by atoms with Crippen molar-refractivity contribution in [3.8, 4) is 11.1 Å². The molecule has 1 atom stereocenters. The summed E-state index contributed by atoms with van der Waals surface area (Å²) in [5.41, 5.74) is 16.3. The van der Waals surface area contributed by atoms with Gasteiger partial charge in [0.2, 0.25) is 0 Å². The van der Waals surface area contributed by atoms with Crippen molar-refractivity contribution in [2.24, 2.45) is 11.3 Å². The van der Waals surface area contributed by atoms with E-state index in [1.54, 1.807) is 27.4 Å². The van der Waals surface area contributed by atoms with Crippen LogP contribution in [0.4, 0.5) is 0 Å². The molecule has 1 fully saturated rings. The molecule has 240 valence electrons. The van der Waals surface area contributed by atoms with E-state index in [9.17, 15) is 0 Å². The Kier molecular flexibility index (Phi) is 12.3. The van der Waals surface area contributed by atoms with E-state index in [0.29, 0.717) is 11.3 Å². The van der Waals surface area contributed by atoms with E-state index in [1.807, 2.05) is 0 Å². The average Bonchev–Trinajstić information content (AvgIpc) is 3.66. The summed E-state index contributed by atoms with van der Waals surface area (Å²) in [5.74, 6) is 0.573. The molecule has 5 aliphatic carbocycles. The molecule has 0 radical (unpaired) electrons. The summed E-state index contributed by atoms with van der Waals surface area (Å²) in [5, 5.41) is 0. The second kappa shape index (κ2) is 14.5. The van der Waals surface area contributed by atoms with Crippen molar-refractivity contribution in [2.75, 3.05) is 0 Å². The predicted octanol–water partition coefficient (Wildman–Crippen LogP) is 5.49. The molecule has 3 heteroatoms. The number of fused-ring (bicyclic) bond motifs is 5. The van der Waals surface area contributed by atoms with Crippen LogP contribution in [-0.4, -0.2) is 3.21 Å². The number of hydrogen-bond donors (Lipinski definition) is 0. The van der Waals surface area contributed by atoms with E-state index >= 15 is 0 Å². The SMILES string of the molecule is CC1=[C-]C(C)(C)c2cc3c(cc21)-c1cc2c(cc1C3)C(C)(C)C=C2C.CCC1[C-]=CC(C(C)(C)C)=C1.[Cl-].[Cl-].[Zr+2]=[C]1CCCCC1. The Morgan fingerprint density at radius 3 is 1.89 bits per heavy atom. The molecule has 0 amide bonds. The Bertz CT molecular complexity index is 1480. The summed E-state index contributed by atoms with van der Waals surface area (Å²) in [7, 11) is 0. The molecule has 0 aromatic heterocycles. The van der Waals surface area contributed by atoms with Crippen LogP contribution in [0.1, 0.15) is 141 Å². The van der Waals surface area contributed by atoms with Gasteiger partial charge in [-0.05, 0) is 58.4 Å². The molecule has 0 N–H and O–H groups in total. The molecule has 2 aromatic rings. The molecule has 2 aromatic carbocycles. The van der Waals surface area contributed by atoms with Crippen LogP contribution in [0.15, 0.2) is 48.1 Å². The Morgan fingerprint density at radius 2 is 1.40 bits per heavy atom. The third kappa shape index (κ3) is 8.07. The molecule has 0 nitrogen and oxygen atoms in total. The van der Waals surface area contributed by atoms with Crippen LogP contribution < -0.4 is 24.8 Å². The average molecular weight is 719 g/mol. The van der Waals surface area contributed by atoms with Crippen molar-refractivity contribution in [3.63, 3.8) is 0 Å². The van der Waals surface area contributed by atoms with Gasteiger partial charge in [0.15, 0.2) is 0 Å². The first-order valence-corrected chi connectivity index (χ1v) is 17.9. The number of allylic oxidation sites excluding steroid dienone is 8. The molecule has 0 spiro atoms. The van der Waals surface area contributed by atoms with Crippen LogP contribution in [-0.2, 0) is 41.5 Å². The Morgan fingerprint density at radius 1 is 0.822 bits per heavy atom. The quantitative estimate of drug-likeness (QED) is 0.293. The fraction of sp³-hybridized carbons (Fsp3) is 0.500. The fourth-order valence-electron chi connectivity index (χ4n) is 7.47. The molecule has 0 bridgehead atoms. The fourth-order valence-corrected chi connectivity index (χ4v) is 8.33. The van der Waals surface area contributed by atoms with E-state index in [1.165, 1.54) is 99.8 Å². The summed E-state index contributed by atoms with van der Waals surface area (Å²) in [6.07, 6.45) is 23.5. The van der Waals surface area contributed by atoms with Crippen LogP contribution >= 0.6 is 0 Å². The van der Waals surface area contributed by atoms with Gasteiger partial charge in [0.05, 0.1) is 0 Å². The minimum absolute atomic E-state index is 0. The van der Waals surface area contributed by atoms with Crippen LogP contribution in [0.25, 0.3) is 22.3 Å². The van der Waals surface area contributed by atoms with Gasteiger partial charge in [-0.1, -0.05) is 104 Å². The first kappa shape index (κ1) is 38.2. The number of halogens is 2. The zero-order chi connectivity index (χ0) is 31.3. The van der Waals surface area contributed by atoms with Crippen LogP contribution in [0, 0.1) is 23.5 Å². The monoisotopic (exact) mass is 716 g/mol. The molecular weight excluding hydrogens is 667 g/mol. The number of hydrogen-bond acceptors (Lipinski definition) is 0. The van der Waals surface area contributed by atoms with Gasteiger partial charge in [-0.2, -0.15) is 17.2 Å². The van der Waals surface area contributed by atoms with Crippen molar-refractivity contribution < 1.29 is 49.0 Å². The van der Waals surface area contributed by atoms with Crippen molar-refractivity contribution in [2.45, 2.75) is 125 Å². The Hall–Kier alpha value is -1.27. The Balaban J connectivity index is 0.000000230.